The van der Waals surface area contributed by atoms with E-state index in [4.69, 9.17) is 21.0 Å². The molecule has 6 nitrogen and oxygen atoms in total. The fraction of sp³-hybridized carbons (Fsp3) is 0.100. The normalized spacial score (nSPS) is 17.3. The number of allylic oxidation sites excluding steroid dienone is 2. The third-order valence-electron chi connectivity index (χ3n) is 2.00. The molecule has 1 unspecified atom stereocenters. The Morgan fingerprint density at radius 1 is 1.00 bits per heavy atom. The Labute approximate surface area is 90.2 Å². The van der Waals surface area contributed by atoms with Gasteiger partial charge in [-0.05, 0) is 0 Å². The molecule has 1 aliphatic rings. The molecule has 0 radical (unpaired) electrons. The van der Waals surface area contributed by atoms with Crippen LogP contribution < -0.4 is 0 Å². The zero-order chi connectivity index (χ0) is 12.3. The lowest BCUT2D eigenvalue weighted by molar-refractivity contribution is -0.124. The van der Waals surface area contributed by atoms with Crippen molar-refractivity contribution >= 4 is 5.78 Å². The van der Waals surface area contributed by atoms with Gasteiger partial charge < -0.3 is 5.11 Å². The highest BCUT2D eigenvalue weighted by Crippen LogP contribution is 2.34. The predicted octanol–water partition coefficient (Wildman–Crippen LogP) is -0.382. The highest BCUT2D eigenvalue weighted by atomic mass is 16.3. The van der Waals surface area contributed by atoms with Crippen LogP contribution in [-0.2, 0) is 4.79 Å². The van der Waals surface area contributed by atoms with Gasteiger partial charge in [0.2, 0.25) is 0 Å². The molecule has 0 bridgehead atoms. The third kappa shape index (κ3) is 1.33. The Hall–Kier alpha value is -2.93. The number of aliphatic hydroxyl groups is 1. The second kappa shape index (κ2) is 4.07. The summed E-state index contributed by atoms with van der Waals surface area (Å²) in [6, 6.07) is 5.92. The number of nitriles is 4. The van der Waals surface area contributed by atoms with Crippen LogP contribution in [0.2, 0.25) is 0 Å². The molecule has 0 aliphatic heterocycles. The summed E-state index contributed by atoms with van der Waals surface area (Å²) in [6.45, 7) is 0. The van der Waals surface area contributed by atoms with Gasteiger partial charge >= 0.3 is 0 Å². The van der Waals surface area contributed by atoms with Crippen LogP contribution in [0.5, 0.6) is 0 Å². The number of Topliss-reactive ketones (excluding diaryl/α,β-unsaturated/α-hetero) is 1. The molecule has 1 aliphatic carbocycles. The molecule has 0 spiro atoms. The molecular formula is C10H2N4O2. The van der Waals surface area contributed by atoms with Gasteiger partial charge in [0.1, 0.15) is 41.5 Å². The molecule has 0 saturated heterocycles. The third-order valence-corrected chi connectivity index (χ3v) is 2.00. The SMILES string of the molecule is N#CC(C#N)=C1C(=O)C(O)C1=C(C#N)C#N. The number of rotatable bonds is 0. The fourth-order valence-electron chi connectivity index (χ4n) is 1.26. The van der Waals surface area contributed by atoms with Crippen LogP contribution in [0.4, 0.5) is 0 Å². The number of aliphatic hydroxyl groups excluding tert-OH is 1. The molecule has 1 fully saturated rings. The van der Waals surface area contributed by atoms with Crippen molar-refractivity contribution in [3.05, 3.63) is 22.3 Å². The van der Waals surface area contributed by atoms with Crippen molar-refractivity contribution in [3.8, 4) is 24.3 Å². The van der Waals surface area contributed by atoms with Gasteiger partial charge in [-0.1, -0.05) is 0 Å². The zero-order valence-corrected chi connectivity index (χ0v) is 7.72. The summed E-state index contributed by atoms with van der Waals surface area (Å²) in [5, 5.41) is 43.5. The van der Waals surface area contributed by atoms with Gasteiger partial charge in [0.25, 0.3) is 0 Å². The lowest BCUT2D eigenvalue weighted by Gasteiger charge is -2.26. The van der Waals surface area contributed by atoms with Crippen LogP contribution in [0.1, 0.15) is 0 Å². The summed E-state index contributed by atoms with van der Waals surface area (Å²) in [4.78, 5) is 11.2. The first kappa shape index (κ1) is 11.1. The molecule has 16 heavy (non-hydrogen) atoms. The molecule has 0 aromatic carbocycles. The monoisotopic (exact) mass is 210 g/mol. The molecule has 0 aromatic rings. The maximum absolute atomic E-state index is 11.2. The lowest BCUT2D eigenvalue weighted by atomic mass is 9.76. The van der Waals surface area contributed by atoms with Gasteiger partial charge in [0, 0.05) is 5.57 Å². The Morgan fingerprint density at radius 2 is 1.44 bits per heavy atom. The summed E-state index contributed by atoms with van der Waals surface area (Å²) >= 11 is 0. The van der Waals surface area contributed by atoms with E-state index < -0.39 is 23.0 Å². The van der Waals surface area contributed by atoms with Crippen LogP contribution >= 0.6 is 0 Å². The molecule has 1 N–H and O–H groups in total. The highest BCUT2D eigenvalue weighted by Gasteiger charge is 2.43. The maximum atomic E-state index is 11.2. The van der Waals surface area contributed by atoms with Crippen molar-refractivity contribution < 1.29 is 9.90 Å². The summed E-state index contributed by atoms with van der Waals surface area (Å²) < 4.78 is 0. The summed E-state index contributed by atoms with van der Waals surface area (Å²) in [5.74, 6) is -0.823. The molecule has 1 saturated carbocycles. The van der Waals surface area contributed by atoms with Crippen molar-refractivity contribution in [3.63, 3.8) is 0 Å². The summed E-state index contributed by atoms with van der Waals surface area (Å²) in [5.41, 5.74) is -1.55. The second-order valence-corrected chi connectivity index (χ2v) is 2.75. The summed E-state index contributed by atoms with van der Waals surface area (Å²) in [6.07, 6.45) is -1.60. The van der Waals surface area contributed by atoms with E-state index >= 15 is 0 Å². The molecule has 1 rings (SSSR count). The Balaban J connectivity index is 3.55. The second-order valence-electron chi connectivity index (χ2n) is 2.75. The first-order valence-corrected chi connectivity index (χ1v) is 3.93. The molecule has 74 valence electrons. The smallest absolute Gasteiger partial charge is 0.198 e. The van der Waals surface area contributed by atoms with Crippen molar-refractivity contribution in [1.29, 1.82) is 21.0 Å². The van der Waals surface area contributed by atoms with Gasteiger partial charge in [0.15, 0.2) is 5.78 Å². The summed E-state index contributed by atoms with van der Waals surface area (Å²) in [7, 11) is 0. The number of carbonyl (C=O) groups is 1. The van der Waals surface area contributed by atoms with E-state index in [0.29, 0.717) is 0 Å². The van der Waals surface area contributed by atoms with E-state index in [0.717, 1.165) is 0 Å². The molecular weight excluding hydrogens is 208 g/mol. The lowest BCUT2D eigenvalue weighted by Crippen LogP contribution is -2.39. The highest BCUT2D eigenvalue weighted by molar-refractivity contribution is 6.16. The van der Waals surface area contributed by atoms with Crippen molar-refractivity contribution in [2.75, 3.05) is 0 Å². The number of carbonyl (C=O) groups excluding carboxylic acids is 1. The Kier molecular flexibility index (Phi) is 2.83. The average Bonchev–Trinajstić information content (AvgIpc) is 2.33. The van der Waals surface area contributed by atoms with Crippen LogP contribution in [0.15, 0.2) is 22.3 Å². The zero-order valence-electron chi connectivity index (χ0n) is 7.72. The van der Waals surface area contributed by atoms with E-state index in [1.165, 1.54) is 24.3 Å². The number of hydrogen-bond acceptors (Lipinski definition) is 6. The van der Waals surface area contributed by atoms with Crippen LogP contribution in [0.25, 0.3) is 0 Å². The first-order valence-electron chi connectivity index (χ1n) is 3.93. The quantitative estimate of drug-likeness (QED) is 0.427. The maximum Gasteiger partial charge on any atom is 0.198 e. The van der Waals surface area contributed by atoms with Crippen molar-refractivity contribution in [2.24, 2.45) is 0 Å². The average molecular weight is 210 g/mol. The van der Waals surface area contributed by atoms with Crippen molar-refractivity contribution in [2.45, 2.75) is 6.10 Å². The largest absolute Gasteiger partial charge is 0.380 e. The van der Waals surface area contributed by atoms with Crippen LogP contribution in [-0.4, -0.2) is 17.0 Å². The molecule has 1 atom stereocenters. The van der Waals surface area contributed by atoms with Crippen LogP contribution in [0.3, 0.4) is 0 Å². The van der Waals surface area contributed by atoms with Gasteiger partial charge in [-0.15, -0.1) is 0 Å². The van der Waals surface area contributed by atoms with Crippen LogP contribution in [0, 0.1) is 45.3 Å². The number of ketones is 1. The van der Waals surface area contributed by atoms with E-state index in [-0.39, 0.29) is 11.1 Å². The van der Waals surface area contributed by atoms with Gasteiger partial charge in [-0.25, -0.2) is 0 Å². The minimum absolute atomic E-state index is 0.242. The first-order chi connectivity index (χ1) is 7.62. The molecule has 0 amide bonds. The van der Waals surface area contributed by atoms with Crippen molar-refractivity contribution in [1.82, 2.24) is 0 Å². The number of nitrogens with zero attached hydrogens (tertiary/aromatic N) is 4. The van der Waals surface area contributed by atoms with E-state index in [2.05, 4.69) is 0 Å². The van der Waals surface area contributed by atoms with E-state index in [1.807, 2.05) is 0 Å². The molecule has 0 aromatic heterocycles. The Morgan fingerprint density at radius 3 is 1.81 bits per heavy atom. The van der Waals surface area contributed by atoms with Gasteiger partial charge in [-0.2, -0.15) is 21.0 Å². The van der Waals surface area contributed by atoms with E-state index in [9.17, 15) is 9.90 Å². The minimum Gasteiger partial charge on any atom is -0.380 e. The topological polar surface area (TPSA) is 132 Å². The Bertz CT molecular complexity index is 567. The fourth-order valence-corrected chi connectivity index (χ4v) is 1.26. The molecule has 6 heteroatoms. The van der Waals surface area contributed by atoms with Gasteiger partial charge in [0.05, 0.1) is 5.57 Å². The number of hydrogen-bond donors (Lipinski definition) is 1. The van der Waals surface area contributed by atoms with Gasteiger partial charge in [-0.3, -0.25) is 4.79 Å². The predicted molar refractivity (Wildman–Crippen MR) is 47.5 cm³/mol. The van der Waals surface area contributed by atoms with E-state index in [1.54, 1.807) is 0 Å². The standard InChI is InChI=1S/C10H2N4O2/c11-1-5(2-12)7-8(6(3-13)4-14)10(16)9(7)15/h9,15H. The molecule has 0 heterocycles. The minimum atomic E-state index is -1.60.